The highest BCUT2D eigenvalue weighted by atomic mass is 79.9. The molecule has 0 unspecified atom stereocenters. The number of carbonyl (C=O) groups excluding carboxylic acids is 1. The predicted molar refractivity (Wildman–Crippen MR) is 81.0 cm³/mol. The lowest BCUT2D eigenvalue weighted by Gasteiger charge is -2.18. The maximum absolute atomic E-state index is 13.6. The van der Waals surface area contributed by atoms with Crippen molar-refractivity contribution in [2.45, 2.75) is 13.5 Å². The average molecular weight is 354 g/mol. The second-order valence-corrected chi connectivity index (χ2v) is 5.73. The minimum absolute atomic E-state index is 0.0747. The van der Waals surface area contributed by atoms with Gasteiger partial charge in [0.25, 0.3) is 5.91 Å². The Morgan fingerprint density at radius 1 is 1.19 bits per heavy atom. The molecule has 5 heteroatoms. The molecule has 0 saturated heterocycles. The molecule has 21 heavy (non-hydrogen) atoms. The lowest BCUT2D eigenvalue weighted by atomic mass is 10.1. The van der Waals surface area contributed by atoms with E-state index in [9.17, 15) is 13.6 Å². The van der Waals surface area contributed by atoms with Crippen LogP contribution in [-0.4, -0.2) is 17.9 Å². The van der Waals surface area contributed by atoms with Crippen LogP contribution in [0.2, 0.25) is 0 Å². The summed E-state index contributed by atoms with van der Waals surface area (Å²) in [5, 5.41) is 0. The second-order valence-electron chi connectivity index (χ2n) is 4.88. The first-order valence-electron chi connectivity index (χ1n) is 6.34. The van der Waals surface area contributed by atoms with Gasteiger partial charge < -0.3 is 4.90 Å². The number of halogens is 3. The summed E-state index contributed by atoms with van der Waals surface area (Å²) in [7, 11) is 1.58. The monoisotopic (exact) mass is 353 g/mol. The molecule has 0 bridgehead atoms. The van der Waals surface area contributed by atoms with Gasteiger partial charge in [0.15, 0.2) is 0 Å². The van der Waals surface area contributed by atoms with Crippen LogP contribution in [0.5, 0.6) is 0 Å². The zero-order chi connectivity index (χ0) is 15.6. The number of amides is 1. The van der Waals surface area contributed by atoms with Gasteiger partial charge in [0.05, 0.1) is 5.56 Å². The molecule has 2 nitrogen and oxygen atoms in total. The van der Waals surface area contributed by atoms with E-state index in [0.717, 1.165) is 11.6 Å². The first kappa shape index (κ1) is 15.6. The lowest BCUT2D eigenvalue weighted by Crippen LogP contribution is -2.27. The molecule has 0 aromatic heterocycles. The summed E-state index contributed by atoms with van der Waals surface area (Å²) >= 11 is 3.35. The van der Waals surface area contributed by atoms with Crippen LogP contribution in [0.15, 0.2) is 40.9 Å². The van der Waals surface area contributed by atoms with Crippen molar-refractivity contribution in [1.29, 1.82) is 0 Å². The van der Waals surface area contributed by atoms with Crippen LogP contribution in [0.3, 0.4) is 0 Å². The zero-order valence-corrected chi connectivity index (χ0v) is 13.2. The van der Waals surface area contributed by atoms with Gasteiger partial charge in [-0.1, -0.05) is 12.1 Å². The van der Waals surface area contributed by atoms with Gasteiger partial charge in [-0.15, -0.1) is 0 Å². The maximum atomic E-state index is 13.6. The number of rotatable bonds is 3. The number of nitrogens with zero attached hydrogens (tertiary/aromatic N) is 1. The molecule has 0 spiro atoms. The highest BCUT2D eigenvalue weighted by Gasteiger charge is 2.16. The van der Waals surface area contributed by atoms with Crippen molar-refractivity contribution in [2.24, 2.45) is 0 Å². The van der Waals surface area contributed by atoms with Gasteiger partial charge in [0.1, 0.15) is 11.6 Å². The molecule has 0 aliphatic heterocycles. The van der Waals surface area contributed by atoms with Gasteiger partial charge in [0.2, 0.25) is 0 Å². The molecule has 0 radical (unpaired) electrons. The third-order valence-corrected chi connectivity index (χ3v) is 3.78. The molecule has 0 saturated carbocycles. The summed E-state index contributed by atoms with van der Waals surface area (Å²) in [5.41, 5.74) is 1.81. The van der Waals surface area contributed by atoms with Gasteiger partial charge in [-0.25, -0.2) is 8.78 Å². The van der Waals surface area contributed by atoms with Gasteiger partial charge in [-0.3, -0.25) is 4.79 Å². The first-order valence-corrected chi connectivity index (χ1v) is 7.13. The van der Waals surface area contributed by atoms with Gasteiger partial charge >= 0.3 is 0 Å². The maximum Gasteiger partial charge on any atom is 0.255 e. The number of carbonyl (C=O) groups is 1. The highest BCUT2D eigenvalue weighted by Crippen LogP contribution is 2.21. The van der Waals surface area contributed by atoms with Gasteiger partial charge in [-0.05, 0) is 46.6 Å². The molecule has 110 valence electrons. The molecule has 0 aliphatic carbocycles. The normalized spacial score (nSPS) is 10.5. The lowest BCUT2D eigenvalue weighted by molar-refractivity contribution is 0.0783. The molecule has 0 fully saturated rings. The van der Waals surface area contributed by atoms with E-state index in [0.29, 0.717) is 10.0 Å². The van der Waals surface area contributed by atoms with Gasteiger partial charge in [-0.2, -0.15) is 0 Å². The van der Waals surface area contributed by atoms with Crippen LogP contribution in [0.4, 0.5) is 8.78 Å². The fourth-order valence-corrected chi connectivity index (χ4v) is 2.64. The highest BCUT2D eigenvalue weighted by molar-refractivity contribution is 9.10. The Morgan fingerprint density at radius 2 is 1.90 bits per heavy atom. The summed E-state index contributed by atoms with van der Waals surface area (Å²) in [4.78, 5) is 13.8. The summed E-state index contributed by atoms with van der Waals surface area (Å²) in [5.74, 6) is -1.52. The van der Waals surface area contributed by atoms with Crippen LogP contribution in [0.25, 0.3) is 0 Å². The third-order valence-electron chi connectivity index (χ3n) is 3.12. The topological polar surface area (TPSA) is 20.3 Å². The van der Waals surface area contributed by atoms with E-state index in [1.807, 2.05) is 19.1 Å². The Kier molecular flexibility index (Phi) is 4.73. The molecule has 1 amide bonds. The van der Waals surface area contributed by atoms with E-state index < -0.39 is 11.6 Å². The van der Waals surface area contributed by atoms with E-state index >= 15 is 0 Å². The molecule has 2 rings (SSSR count). The second kappa shape index (κ2) is 6.35. The fraction of sp³-hybridized carbons (Fsp3) is 0.188. The number of hydrogen-bond donors (Lipinski definition) is 0. The summed E-state index contributed by atoms with van der Waals surface area (Å²) < 4.78 is 27.2. The van der Waals surface area contributed by atoms with E-state index in [1.165, 1.54) is 17.0 Å². The zero-order valence-electron chi connectivity index (χ0n) is 11.7. The number of benzene rings is 2. The number of hydrogen-bond acceptors (Lipinski definition) is 1. The fourth-order valence-electron chi connectivity index (χ4n) is 1.98. The molecule has 0 N–H and O–H groups in total. The van der Waals surface area contributed by atoms with Crippen LogP contribution < -0.4 is 0 Å². The summed E-state index contributed by atoms with van der Waals surface area (Å²) in [6.07, 6.45) is 0. The van der Waals surface area contributed by atoms with E-state index in [1.54, 1.807) is 13.1 Å². The van der Waals surface area contributed by atoms with Crippen molar-refractivity contribution in [3.8, 4) is 0 Å². The molecule has 0 aliphatic rings. The summed E-state index contributed by atoms with van der Waals surface area (Å²) in [6, 6.07) is 8.75. The van der Waals surface area contributed by atoms with Crippen molar-refractivity contribution < 1.29 is 13.6 Å². The van der Waals surface area contributed by atoms with E-state index in [-0.39, 0.29) is 18.0 Å². The Hall–Kier alpha value is -1.75. The largest absolute Gasteiger partial charge is 0.337 e. The Labute approximate surface area is 130 Å². The molecular formula is C16H14BrF2NO. The molecule has 0 atom stereocenters. The smallest absolute Gasteiger partial charge is 0.255 e. The number of aryl methyl sites for hydroxylation is 1. The molecule has 2 aromatic carbocycles. The average Bonchev–Trinajstić information content (AvgIpc) is 2.41. The van der Waals surface area contributed by atoms with Crippen LogP contribution in [-0.2, 0) is 6.54 Å². The van der Waals surface area contributed by atoms with Gasteiger partial charge in [0, 0.05) is 29.7 Å². The SMILES string of the molecule is Cc1ccc(C(=O)N(C)Cc2ccc(F)cc2F)c(Br)c1. The molecule has 0 heterocycles. The quantitative estimate of drug-likeness (QED) is 0.805. The Balaban J connectivity index is 2.19. The van der Waals surface area contributed by atoms with E-state index in [2.05, 4.69) is 15.9 Å². The van der Waals surface area contributed by atoms with Crippen LogP contribution in [0.1, 0.15) is 21.5 Å². The van der Waals surface area contributed by atoms with E-state index in [4.69, 9.17) is 0 Å². The standard InChI is InChI=1S/C16H14BrF2NO/c1-10-3-6-13(14(17)7-10)16(21)20(2)9-11-4-5-12(18)8-15(11)19/h3-8H,9H2,1-2H3. The van der Waals surface area contributed by atoms with Crippen molar-refractivity contribution >= 4 is 21.8 Å². The Bertz CT molecular complexity index is 688. The minimum Gasteiger partial charge on any atom is -0.337 e. The van der Waals surface area contributed by atoms with Crippen molar-refractivity contribution in [3.05, 3.63) is 69.2 Å². The predicted octanol–water partition coefficient (Wildman–Crippen LogP) is 4.31. The molecular weight excluding hydrogens is 340 g/mol. The van der Waals surface area contributed by atoms with Crippen molar-refractivity contribution in [1.82, 2.24) is 4.90 Å². The minimum atomic E-state index is -0.655. The van der Waals surface area contributed by atoms with Crippen LogP contribution in [0, 0.1) is 18.6 Å². The van der Waals surface area contributed by atoms with Crippen molar-refractivity contribution in [2.75, 3.05) is 7.05 Å². The van der Waals surface area contributed by atoms with Crippen LogP contribution >= 0.6 is 15.9 Å². The first-order chi connectivity index (χ1) is 9.88. The van der Waals surface area contributed by atoms with Crippen molar-refractivity contribution in [3.63, 3.8) is 0 Å². The third kappa shape index (κ3) is 3.67. The Morgan fingerprint density at radius 3 is 2.52 bits per heavy atom. The molecule has 2 aromatic rings. The summed E-state index contributed by atoms with van der Waals surface area (Å²) in [6.45, 7) is 2.00.